The maximum absolute atomic E-state index is 3.17. The lowest BCUT2D eigenvalue weighted by Gasteiger charge is -2.21. The van der Waals surface area contributed by atoms with Crippen LogP contribution in [0.25, 0.3) is 0 Å². The molecule has 0 saturated heterocycles. The van der Waals surface area contributed by atoms with Gasteiger partial charge >= 0.3 is 0 Å². The van der Waals surface area contributed by atoms with Crippen LogP contribution in [0.4, 0.5) is 0 Å². The fraction of sp³-hybridized carbons (Fsp3) is 0.538. The van der Waals surface area contributed by atoms with Crippen molar-refractivity contribution in [2.45, 2.75) is 26.3 Å². The Morgan fingerprint density at radius 2 is 1.94 bits per heavy atom. The van der Waals surface area contributed by atoms with E-state index < -0.39 is 0 Å². The van der Waals surface area contributed by atoms with Crippen molar-refractivity contribution < 1.29 is 0 Å². The maximum atomic E-state index is 3.17. The average Bonchev–Trinajstić information content (AvgIpc) is 2.31. The maximum Gasteiger partial charge on any atom is 0.0233 e. The Hall–Kier alpha value is -0.130. The minimum absolute atomic E-state index is 1.08. The van der Waals surface area contributed by atoms with E-state index in [0.29, 0.717) is 0 Å². The molecule has 2 nitrogen and oxygen atoms in total. The summed E-state index contributed by atoms with van der Waals surface area (Å²) in [4.78, 5) is 2.53. The lowest BCUT2D eigenvalue weighted by molar-refractivity contribution is 0.263. The zero-order valence-electron chi connectivity index (χ0n) is 9.95. The van der Waals surface area contributed by atoms with Gasteiger partial charge < -0.3 is 0 Å². The number of hydrogen-bond donors (Lipinski definition) is 1. The summed E-state index contributed by atoms with van der Waals surface area (Å²) < 4.78 is 3.17. The van der Waals surface area contributed by atoms with Crippen molar-refractivity contribution in [3.63, 3.8) is 0 Å². The van der Waals surface area contributed by atoms with E-state index in [-0.39, 0.29) is 0 Å². The summed E-state index contributed by atoms with van der Waals surface area (Å²) in [6.07, 6.45) is 2.44. The Bertz CT molecular complexity index is 264. The minimum Gasteiger partial charge on any atom is -0.299 e. The highest BCUT2D eigenvalue weighted by Gasteiger charge is 2.03. The SMILES string of the molecule is CCCN(CCCNI)Cc1ccccc1. The topological polar surface area (TPSA) is 15.3 Å². The van der Waals surface area contributed by atoms with Gasteiger partial charge in [-0.05, 0) is 31.5 Å². The van der Waals surface area contributed by atoms with Crippen LogP contribution in [0.15, 0.2) is 30.3 Å². The Morgan fingerprint density at radius 1 is 1.19 bits per heavy atom. The summed E-state index contributed by atoms with van der Waals surface area (Å²) in [5, 5.41) is 0. The van der Waals surface area contributed by atoms with E-state index in [0.717, 1.165) is 13.1 Å². The lowest BCUT2D eigenvalue weighted by atomic mass is 10.2. The van der Waals surface area contributed by atoms with E-state index in [4.69, 9.17) is 0 Å². The van der Waals surface area contributed by atoms with Gasteiger partial charge in [-0.1, -0.05) is 37.3 Å². The van der Waals surface area contributed by atoms with Crippen LogP contribution in [0.1, 0.15) is 25.3 Å². The van der Waals surface area contributed by atoms with E-state index in [2.05, 4.69) is 68.6 Å². The molecule has 1 rings (SSSR count). The first-order chi connectivity index (χ1) is 7.86. The second kappa shape index (κ2) is 8.96. The standard InChI is InChI=1S/C13H21IN2/c1-2-10-16(11-6-9-15-14)12-13-7-4-3-5-8-13/h3-5,7-8,15H,2,6,9-12H2,1H3. The molecule has 1 aromatic carbocycles. The van der Waals surface area contributed by atoms with Crippen molar-refractivity contribution in [3.05, 3.63) is 35.9 Å². The van der Waals surface area contributed by atoms with Crippen LogP contribution in [0, 0.1) is 0 Å². The van der Waals surface area contributed by atoms with Gasteiger partial charge in [-0.2, -0.15) is 0 Å². The number of rotatable bonds is 8. The minimum atomic E-state index is 1.08. The van der Waals surface area contributed by atoms with Crippen molar-refractivity contribution in [3.8, 4) is 0 Å². The molecule has 3 heteroatoms. The first-order valence-corrected chi connectivity index (χ1v) is 7.04. The summed E-state index contributed by atoms with van der Waals surface area (Å²) in [6.45, 7) is 6.79. The van der Waals surface area contributed by atoms with Gasteiger partial charge in [-0.15, -0.1) is 0 Å². The van der Waals surface area contributed by atoms with Crippen molar-refractivity contribution in [1.82, 2.24) is 8.43 Å². The highest BCUT2D eigenvalue weighted by molar-refractivity contribution is 14.1. The largest absolute Gasteiger partial charge is 0.299 e. The average molecular weight is 332 g/mol. The third kappa shape index (κ3) is 5.82. The summed E-state index contributed by atoms with van der Waals surface area (Å²) >= 11 is 2.21. The predicted molar refractivity (Wildman–Crippen MR) is 78.6 cm³/mol. The van der Waals surface area contributed by atoms with E-state index >= 15 is 0 Å². The molecule has 0 radical (unpaired) electrons. The zero-order chi connectivity index (χ0) is 11.6. The summed E-state index contributed by atoms with van der Waals surface area (Å²) in [5.41, 5.74) is 1.42. The Balaban J connectivity index is 2.38. The van der Waals surface area contributed by atoms with Crippen LogP contribution in [0.2, 0.25) is 0 Å². The molecule has 0 aliphatic rings. The van der Waals surface area contributed by atoms with Gasteiger partial charge in [0.15, 0.2) is 0 Å². The van der Waals surface area contributed by atoms with Crippen molar-refractivity contribution in [1.29, 1.82) is 0 Å². The molecule has 16 heavy (non-hydrogen) atoms. The van der Waals surface area contributed by atoms with Crippen molar-refractivity contribution in [2.24, 2.45) is 0 Å². The Labute approximate surface area is 113 Å². The van der Waals surface area contributed by atoms with Crippen LogP contribution in [-0.2, 0) is 6.54 Å². The Kier molecular flexibility index (Phi) is 7.80. The number of nitrogens with one attached hydrogen (secondary N) is 1. The normalized spacial score (nSPS) is 10.9. The molecule has 90 valence electrons. The predicted octanol–water partition coefficient (Wildman–Crippen LogP) is 3.23. The van der Waals surface area contributed by atoms with Crippen LogP contribution in [-0.4, -0.2) is 24.5 Å². The Morgan fingerprint density at radius 3 is 2.56 bits per heavy atom. The molecule has 0 atom stereocenters. The first kappa shape index (κ1) is 13.9. The number of benzene rings is 1. The lowest BCUT2D eigenvalue weighted by Crippen LogP contribution is -2.26. The molecule has 1 N–H and O–H groups in total. The molecular weight excluding hydrogens is 311 g/mol. The van der Waals surface area contributed by atoms with Gasteiger partial charge in [0.25, 0.3) is 0 Å². The molecule has 0 aliphatic carbocycles. The fourth-order valence-electron chi connectivity index (χ4n) is 1.80. The van der Waals surface area contributed by atoms with Gasteiger partial charge in [-0.25, -0.2) is 0 Å². The summed E-state index contributed by atoms with van der Waals surface area (Å²) in [7, 11) is 0. The molecule has 0 fully saturated rings. The highest BCUT2D eigenvalue weighted by Crippen LogP contribution is 2.05. The molecular formula is C13H21IN2. The molecule has 0 spiro atoms. The molecule has 0 bridgehead atoms. The van der Waals surface area contributed by atoms with Crippen LogP contribution in [0.5, 0.6) is 0 Å². The number of nitrogens with zero attached hydrogens (tertiary/aromatic N) is 1. The monoisotopic (exact) mass is 332 g/mol. The fourth-order valence-corrected chi connectivity index (χ4v) is 2.18. The third-order valence-corrected chi connectivity index (χ3v) is 3.07. The molecule has 1 aromatic rings. The molecule has 0 saturated carbocycles. The second-order valence-electron chi connectivity index (χ2n) is 4.00. The number of halogens is 1. The van der Waals surface area contributed by atoms with E-state index in [9.17, 15) is 0 Å². The van der Waals surface area contributed by atoms with Crippen molar-refractivity contribution >= 4 is 22.9 Å². The highest BCUT2D eigenvalue weighted by atomic mass is 127. The number of hydrogen-bond acceptors (Lipinski definition) is 2. The van der Waals surface area contributed by atoms with Gasteiger partial charge in [0.2, 0.25) is 0 Å². The smallest absolute Gasteiger partial charge is 0.0233 e. The third-order valence-electron chi connectivity index (χ3n) is 2.53. The van der Waals surface area contributed by atoms with Gasteiger partial charge in [0.05, 0.1) is 0 Å². The van der Waals surface area contributed by atoms with Crippen molar-refractivity contribution in [2.75, 3.05) is 19.6 Å². The van der Waals surface area contributed by atoms with Crippen LogP contribution >= 0.6 is 22.9 Å². The van der Waals surface area contributed by atoms with Crippen LogP contribution < -0.4 is 3.53 Å². The van der Waals surface area contributed by atoms with Gasteiger partial charge in [0.1, 0.15) is 0 Å². The van der Waals surface area contributed by atoms with Gasteiger partial charge in [-0.3, -0.25) is 8.43 Å². The first-order valence-electron chi connectivity index (χ1n) is 5.96. The molecule has 0 aliphatic heterocycles. The van der Waals surface area contributed by atoms with E-state index in [1.54, 1.807) is 0 Å². The van der Waals surface area contributed by atoms with Crippen LogP contribution in [0.3, 0.4) is 0 Å². The summed E-state index contributed by atoms with van der Waals surface area (Å²) in [6, 6.07) is 10.7. The quantitative estimate of drug-likeness (QED) is 0.447. The molecule has 0 unspecified atom stereocenters. The molecule has 0 amide bonds. The summed E-state index contributed by atoms with van der Waals surface area (Å²) in [5.74, 6) is 0. The zero-order valence-corrected chi connectivity index (χ0v) is 12.1. The van der Waals surface area contributed by atoms with E-state index in [1.165, 1.54) is 31.5 Å². The second-order valence-corrected chi connectivity index (χ2v) is 4.76. The van der Waals surface area contributed by atoms with Gasteiger partial charge in [0, 0.05) is 36.0 Å². The van der Waals surface area contributed by atoms with E-state index in [1.807, 2.05) is 0 Å². The molecule has 0 heterocycles. The molecule has 0 aromatic heterocycles.